The monoisotopic (exact) mass is 323 g/mol. The van der Waals surface area contributed by atoms with E-state index in [9.17, 15) is 14.7 Å². The lowest BCUT2D eigenvalue weighted by molar-refractivity contribution is -0.117. The molecule has 24 heavy (non-hydrogen) atoms. The molecule has 2 aromatic carbocycles. The first-order valence-electron chi connectivity index (χ1n) is 7.65. The summed E-state index contributed by atoms with van der Waals surface area (Å²) in [6.45, 7) is 0. The SMILES string of the molecule is O=C(N/N=C/c1cccc(O)c1)c1ccc(NC(=O)C2CC2)cc1. The second-order valence-corrected chi connectivity index (χ2v) is 5.63. The first-order valence-corrected chi connectivity index (χ1v) is 7.65. The summed E-state index contributed by atoms with van der Waals surface area (Å²) >= 11 is 0. The van der Waals surface area contributed by atoms with E-state index in [-0.39, 0.29) is 23.5 Å². The summed E-state index contributed by atoms with van der Waals surface area (Å²) in [5, 5.41) is 16.0. The fourth-order valence-electron chi connectivity index (χ4n) is 2.13. The summed E-state index contributed by atoms with van der Waals surface area (Å²) in [6, 6.07) is 13.2. The van der Waals surface area contributed by atoms with E-state index in [1.807, 2.05) is 0 Å². The van der Waals surface area contributed by atoms with Crippen molar-refractivity contribution in [1.82, 2.24) is 5.43 Å². The molecule has 0 bridgehead atoms. The smallest absolute Gasteiger partial charge is 0.271 e. The van der Waals surface area contributed by atoms with Gasteiger partial charge in [-0.2, -0.15) is 5.10 Å². The number of anilines is 1. The lowest BCUT2D eigenvalue weighted by Gasteiger charge is -2.05. The van der Waals surface area contributed by atoms with E-state index in [0.29, 0.717) is 16.8 Å². The molecule has 2 amide bonds. The third kappa shape index (κ3) is 4.19. The molecule has 6 nitrogen and oxygen atoms in total. The standard InChI is InChI=1S/C18H17N3O3/c22-16-3-1-2-12(10-16)11-19-21-18(24)14-6-8-15(9-7-14)20-17(23)13-4-5-13/h1-3,6-11,13,22H,4-5H2,(H,20,23)(H,21,24)/b19-11+. The molecule has 3 rings (SSSR count). The van der Waals surface area contributed by atoms with Crippen LogP contribution in [-0.2, 0) is 4.79 Å². The summed E-state index contributed by atoms with van der Waals surface area (Å²) in [4.78, 5) is 23.7. The largest absolute Gasteiger partial charge is 0.508 e. The minimum Gasteiger partial charge on any atom is -0.508 e. The molecule has 6 heteroatoms. The molecule has 1 saturated carbocycles. The molecular formula is C18H17N3O3. The van der Waals surface area contributed by atoms with Crippen LogP contribution < -0.4 is 10.7 Å². The number of aromatic hydroxyl groups is 1. The Hall–Kier alpha value is -3.15. The van der Waals surface area contributed by atoms with Crippen molar-refractivity contribution in [2.75, 3.05) is 5.32 Å². The Morgan fingerprint density at radius 1 is 1.12 bits per heavy atom. The third-order valence-corrected chi connectivity index (χ3v) is 3.61. The summed E-state index contributed by atoms with van der Waals surface area (Å²) in [6.07, 6.45) is 3.34. The van der Waals surface area contributed by atoms with Crippen molar-refractivity contribution in [2.24, 2.45) is 11.0 Å². The molecule has 0 atom stereocenters. The molecule has 0 unspecified atom stereocenters. The van der Waals surface area contributed by atoms with E-state index < -0.39 is 0 Å². The fraction of sp³-hybridized carbons (Fsp3) is 0.167. The van der Waals surface area contributed by atoms with Gasteiger partial charge in [-0.25, -0.2) is 5.43 Å². The van der Waals surface area contributed by atoms with Crippen LogP contribution in [0.2, 0.25) is 0 Å². The molecule has 0 saturated heterocycles. The minimum absolute atomic E-state index is 0.0305. The van der Waals surface area contributed by atoms with Gasteiger partial charge in [0.05, 0.1) is 6.21 Å². The summed E-state index contributed by atoms with van der Waals surface area (Å²) < 4.78 is 0. The van der Waals surface area contributed by atoms with Gasteiger partial charge in [0.25, 0.3) is 5.91 Å². The topological polar surface area (TPSA) is 90.8 Å². The molecule has 0 spiro atoms. The Morgan fingerprint density at radius 3 is 2.54 bits per heavy atom. The molecule has 122 valence electrons. The number of carbonyl (C=O) groups is 2. The number of hydrogen-bond donors (Lipinski definition) is 3. The number of phenolic OH excluding ortho intramolecular Hbond substituents is 1. The molecule has 0 aliphatic heterocycles. The van der Waals surface area contributed by atoms with Gasteiger partial charge in [-0.3, -0.25) is 9.59 Å². The average molecular weight is 323 g/mol. The van der Waals surface area contributed by atoms with Crippen molar-refractivity contribution in [3.8, 4) is 5.75 Å². The van der Waals surface area contributed by atoms with Gasteiger partial charge in [-0.15, -0.1) is 0 Å². The Bertz CT molecular complexity index is 780. The number of amides is 2. The molecule has 1 aliphatic carbocycles. The fourth-order valence-corrected chi connectivity index (χ4v) is 2.13. The minimum atomic E-state index is -0.355. The molecular weight excluding hydrogens is 306 g/mol. The highest BCUT2D eigenvalue weighted by Gasteiger charge is 2.29. The van der Waals surface area contributed by atoms with Gasteiger partial charge < -0.3 is 10.4 Å². The van der Waals surface area contributed by atoms with E-state index in [0.717, 1.165) is 12.8 Å². The Morgan fingerprint density at radius 2 is 1.88 bits per heavy atom. The highest BCUT2D eigenvalue weighted by Crippen LogP contribution is 2.30. The number of hydrazone groups is 1. The zero-order valence-corrected chi connectivity index (χ0v) is 12.9. The number of nitrogens with zero attached hydrogens (tertiary/aromatic N) is 1. The van der Waals surface area contributed by atoms with Gasteiger partial charge in [-0.05, 0) is 54.8 Å². The maximum absolute atomic E-state index is 12.0. The van der Waals surface area contributed by atoms with E-state index >= 15 is 0 Å². The number of benzene rings is 2. The second kappa shape index (κ2) is 6.95. The number of carbonyl (C=O) groups excluding carboxylic acids is 2. The van der Waals surface area contributed by atoms with Gasteiger partial charge in [0.1, 0.15) is 5.75 Å². The molecule has 1 fully saturated rings. The van der Waals surface area contributed by atoms with Crippen molar-refractivity contribution in [1.29, 1.82) is 0 Å². The zero-order chi connectivity index (χ0) is 16.9. The van der Waals surface area contributed by atoms with Crippen molar-refractivity contribution >= 4 is 23.7 Å². The van der Waals surface area contributed by atoms with Gasteiger partial charge in [0.15, 0.2) is 0 Å². The van der Waals surface area contributed by atoms with Crippen LogP contribution in [0, 0.1) is 5.92 Å². The van der Waals surface area contributed by atoms with Crippen LogP contribution in [-0.4, -0.2) is 23.1 Å². The van der Waals surface area contributed by atoms with Gasteiger partial charge >= 0.3 is 0 Å². The quantitative estimate of drug-likeness (QED) is 0.583. The molecule has 0 heterocycles. The lowest BCUT2D eigenvalue weighted by atomic mass is 10.2. The Kier molecular flexibility index (Phi) is 4.56. The highest BCUT2D eigenvalue weighted by atomic mass is 16.3. The number of hydrogen-bond acceptors (Lipinski definition) is 4. The van der Waals surface area contributed by atoms with E-state index in [1.54, 1.807) is 42.5 Å². The molecule has 0 radical (unpaired) electrons. The normalized spacial score (nSPS) is 13.7. The van der Waals surface area contributed by atoms with Gasteiger partial charge in [0, 0.05) is 17.2 Å². The van der Waals surface area contributed by atoms with Gasteiger partial charge in [0.2, 0.25) is 5.91 Å². The Labute approximate surface area is 139 Å². The van der Waals surface area contributed by atoms with E-state index in [4.69, 9.17) is 0 Å². The van der Waals surface area contributed by atoms with Crippen LogP contribution >= 0.6 is 0 Å². The van der Waals surface area contributed by atoms with Crippen molar-refractivity contribution < 1.29 is 14.7 Å². The highest BCUT2D eigenvalue weighted by molar-refractivity contribution is 5.97. The van der Waals surface area contributed by atoms with Crippen LogP contribution in [0.1, 0.15) is 28.8 Å². The van der Waals surface area contributed by atoms with Crippen LogP contribution in [0.15, 0.2) is 53.6 Å². The molecule has 1 aliphatic rings. The maximum Gasteiger partial charge on any atom is 0.271 e. The predicted octanol–water partition coefficient (Wildman–Crippen LogP) is 2.50. The van der Waals surface area contributed by atoms with Crippen molar-refractivity contribution in [3.05, 3.63) is 59.7 Å². The number of rotatable bonds is 5. The number of phenols is 1. The molecule has 3 N–H and O–H groups in total. The lowest BCUT2D eigenvalue weighted by Crippen LogP contribution is -2.18. The summed E-state index contributed by atoms with van der Waals surface area (Å²) in [5.74, 6) is -0.0526. The molecule has 0 aromatic heterocycles. The maximum atomic E-state index is 12.0. The van der Waals surface area contributed by atoms with Crippen LogP contribution in [0.5, 0.6) is 5.75 Å². The Balaban J connectivity index is 1.55. The van der Waals surface area contributed by atoms with Crippen molar-refractivity contribution in [3.63, 3.8) is 0 Å². The first-order chi connectivity index (χ1) is 11.6. The summed E-state index contributed by atoms with van der Waals surface area (Å²) in [5.41, 5.74) is 4.20. The van der Waals surface area contributed by atoms with E-state index in [1.165, 1.54) is 12.3 Å². The second-order valence-electron chi connectivity index (χ2n) is 5.63. The number of nitrogens with one attached hydrogen (secondary N) is 2. The summed E-state index contributed by atoms with van der Waals surface area (Å²) in [7, 11) is 0. The van der Waals surface area contributed by atoms with E-state index in [2.05, 4.69) is 15.8 Å². The van der Waals surface area contributed by atoms with Crippen molar-refractivity contribution in [2.45, 2.75) is 12.8 Å². The zero-order valence-electron chi connectivity index (χ0n) is 12.9. The molecule has 2 aromatic rings. The third-order valence-electron chi connectivity index (χ3n) is 3.61. The predicted molar refractivity (Wildman–Crippen MR) is 91.0 cm³/mol. The van der Waals surface area contributed by atoms with Crippen LogP contribution in [0.25, 0.3) is 0 Å². The van der Waals surface area contributed by atoms with Gasteiger partial charge in [-0.1, -0.05) is 12.1 Å². The van der Waals surface area contributed by atoms with Crippen LogP contribution in [0.3, 0.4) is 0 Å². The average Bonchev–Trinajstić information content (AvgIpc) is 3.40. The van der Waals surface area contributed by atoms with Crippen LogP contribution in [0.4, 0.5) is 5.69 Å². The first kappa shape index (κ1) is 15.7.